The molecule has 1 atom stereocenters. The van der Waals surface area contributed by atoms with Crippen LogP contribution in [0.5, 0.6) is 0 Å². The smallest absolute Gasteiger partial charge is 0.314 e. The molecule has 6 heteroatoms. The van der Waals surface area contributed by atoms with Crippen LogP contribution in [0.15, 0.2) is 30.3 Å². The molecule has 0 fully saturated rings. The summed E-state index contributed by atoms with van der Waals surface area (Å²) < 4.78 is 0. The Morgan fingerprint density at radius 2 is 1.95 bits per heavy atom. The molecule has 1 aromatic heterocycles. The molecule has 1 heterocycles. The van der Waals surface area contributed by atoms with Gasteiger partial charge in [0.1, 0.15) is 0 Å². The van der Waals surface area contributed by atoms with Crippen LogP contribution < -0.4 is 5.32 Å². The maximum absolute atomic E-state index is 11.2. The molecule has 0 unspecified atom stereocenters. The van der Waals surface area contributed by atoms with Crippen molar-refractivity contribution >= 4 is 17.2 Å². The Bertz CT molecular complexity index is 682. The van der Waals surface area contributed by atoms with Crippen LogP contribution in [0, 0.1) is 24.0 Å². The molecule has 0 aliphatic heterocycles. The molecule has 2 N–H and O–H groups in total. The summed E-state index contributed by atoms with van der Waals surface area (Å²) in [6.45, 7) is 5.23. The predicted molar refractivity (Wildman–Crippen MR) is 85.5 cm³/mol. The number of aliphatic hydroxyl groups excluding tert-OH is 1. The van der Waals surface area contributed by atoms with E-state index in [2.05, 4.69) is 10.3 Å². The molecule has 2 rings (SSSR count). The molecule has 0 saturated carbocycles. The second kappa shape index (κ2) is 6.53. The Kier molecular flexibility index (Phi) is 4.72. The zero-order valence-electron chi connectivity index (χ0n) is 12.8. The highest BCUT2D eigenvalue weighted by molar-refractivity contribution is 5.68. The van der Waals surface area contributed by atoms with E-state index in [0.29, 0.717) is 12.0 Å². The van der Waals surface area contributed by atoms with E-state index in [4.69, 9.17) is 0 Å². The number of rotatable bonds is 5. The first kappa shape index (κ1) is 15.9. The van der Waals surface area contributed by atoms with Gasteiger partial charge in [0.15, 0.2) is 0 Å². The van der Waals surface area contributed by atoms with Gasteiger partial charge in [-0.25, -0.2) is 4.98 Å². The number of nitrogens with zero attached hydrogens (tertiary/aromatic N) is 2. The lowest BCUT2D eigenvalue weighted by Crippen LogP contribution is -2.05. The number of hydrogen-bond donors (Lipinski definition) is 2. The standard InChI is InChI=1S/C16H19N3O3/c1-10-8-11(2)17-16(15(10)19(21)22)18-14-6-4-13(5-7-14)9-12(3)20/h4-8,12,20H,9H2,1-3H3,(H,17,18)/t12-/m0/s1. The molecule has 0 aliphatic carbocycles. The first-order valence-electron chi connectivity index (χ1n) is 7.03. The maximum atomic E-state index is 11.2. The number of anilines is 2. The van der Waals surface area contributed by atoms with Crippen LogP contribution in [-0.2, 0) is 6.42 Å². The van der Waals surface area contributed by atoms with Gasteiger partial charge in [-0.2, -0.15) is 0 Å². The van der Waals surface area contributed by atoms with Gasteiger partial charge in [-0.05, 0) is 51.0 Å². The fourth-order valence-electron chi connectivity index (χ4n) is 2.35. The van der Waals surface area contributed by atoms with Crippen molar-refractivity contribution in [1.29, 1.82) is 0 Å². The van der Waals surface area contributed by atoms with Gasteiger partial charge in [-0.3, -0.25) is 10.1 Å². The predicted octanol–water partition coefficient (Wildman–Crippen LogP) is 3.27. The van der Waals surface area contributed by atoms with Crippen molar-refractivity contribution in [3.05, 3.63) is 57.3 Å². The summed E-state index contributed by atoms with van der Waals surface area (Å²) in [5, 5.41) is 23.6. The molecule has 0 bridgehead atoms. The molecule has 22 heavy (non-hydrogen) atoms. The summed E-state index contributed by atoms with van der Waals surface area (Å²) in [4.78, 5) is 15.0. The van der Waals surface area contributed by atoms with E-state index < -0.39 is 11.0 Å². The third-order valence-corrected chi connectivity index (χ3v) is 3.24. The first-order valence-corrected chi connectivity index (χ1v) is 7.03. The van der Waals surface area contributed by atoms with E-state index in [9.17, 15) is 15.2 Å². The molecule has 116 valence electrons. The average molecular weight is 301 g/mol. The van der Waals surface area contributed by atoms with Crippen LogP contribution in [0.25, 0.3) is 0 Å². The summed E-state index contributed by atoms with van der Waals surface area (Å²) in [7, 11) is 0. The van der Waals surface area contributed by atoms with Crippen LogP contribution in [-0.4, -0.2) is 21.1 Å². The van der Waals surface area contributed by atoms with E-state index in [1.54, 1.807) is 26.8 Å². The highest BCUT2D eigenvalue weighted by atomic mass is 16.6. The van der Waals surface area contributed by atoms with Crippen LogP contribution in [0.3, 0.4) is 0 Å². The molecule has 0 radical (unpaired) electrons. The number of aromatic nitrogens is 1. The van der Waals surface area contributed by atoms with Crippen molar-refractivity contribution in [1.82, 2.24) is 4.98 Å². The summed E-state index contributed by atoms with van der Waals surface area (Å²) in [6, 6.07) is 9.09. The maximum Gasteiger partial charge on any atom is 0.314 e. The highest BCUT2D eigenvalue weighted by Gasteiger charge is 2.19. The van der Waals surface area contributed by atoms with Crippen molar-refractivity contribution in [2.24, 2.45) is 0 Å². The van der Waals surface area contributed by atoms with Crippen LogP contribution >= 0.6 is 0 Å². The largest absolute Gasteiger partial charge is 0.393 e. The van der Waals surface area contributed by atoms with E-state index in [1.807, 2.05) is 24.3 Å². The molecule has 1 aromatic carbocycles. The van der Waals surface area contributed by atoms with Crippen molar-refractivity contribution < 1.29 is 10.0 Å². The lowest BCUT2D eigenvalue weighted by atomic mass is 10.1. The Labute approximate surface area is 129 Å². The number of hydrogen-bond acceptors (Lipinski definition) is 5. The fraction of sp³-hybridized carbons (Fsp3) is 0.312. The Morgan fingerprint density at radius 1 is 1.32 bits per heavy atom. The Balaban J connectivity index is 2.29. The van der Waals surface area contributed by atoms with Crippen molar-refractivity contribution in [3.8, 4) is 0 Å². The van der Waals surface area contributed by atoms with Gasteiger partial charge in [0.05, 0.1) is 11.0 Å². The lowest BCUT2D eigenvalue weighted by molar-refractivity contribution is -0.384. The zero-order valence-corrected chi connectivity index (χ0v) is 12.8. The Morgan fingerprint density at radius 3 is 2.50 bits per heavy atom. The molecular formula is C16H19N3O3. The fourth-order valence-corrected chi connectivity index (χ4v) is 2.35. The molecule has 6 nitrogen and oxygen atoms in total. The van der Waals surface area contributed by atoms with E-state index in [0.717, 1.165) is 16.9 Å². The first-order chi connectivity index (χ1) is 10.4. The minimum atomic E-state index is -0.425. The second-order valence-corrected chi connectivity index (χ2v) is 5.41. The zero-order chi connectivity index (χ0) is 16.3. The molecule has 0 spiro atoms. The minimum absolute atomic E-state index is 0.0151. The third-order valence-electron chi connectivity index (χ3n) is 3.24. The number of nitro groups is 1. The van der Waals surface area contributed by atoms with Gasteiger partial charge in [0.25, 0.3) is 0 Å². The molecule has 0 amide bonds. The molecule has 2 aromatic rings. The highest BCUT2D eigenvalue weighted by Crippen LogP contribution is 2.29. The average Bonchev–Trinajstić information content (AvgIpc) is 2.39. The SMILES string of the molecule is Cc1cc(C)c([N+](=O)[O-])c(Nc2ccc(C[C@H](C)O)cc2)n1. The van der Waals surface area contributed by atoms with Gasteiger partial charge in [-0.15, -0.1) is 0 Å². The summed E-state index contributed by atoms with van der Waals surface area (Å²) in [5.41, 5.74) is 3.00. The van der Waals surface area contributed by atoms with E-state index >= 15 is 0 Å². The third kappa shape index (κ3) is 3.79. The van der Waals surface area contributed by atoms with E-state index in [1.165, 1.54) is 0 Å². The van der Waals surface area contributed by atoms with Crippen molar-refractivity contribution in [2.45, 2.75) is 33.3 Å². The van der Waals surface area contributed by atoms with Gasteiger partial charge in [0, 0.05) is 16.9 Å². The van der Waals surface area contributed by atoms with Gasteiger partial charge >= 0.3 is 5.69 Å². The number of pyridine rings is 1. The second-order valence-electron chi connectivity index (χ2n) is 5.41. The van der Waals surface area contributed by atoms with Crippen LogP contribution in [0.4, 0.5) is 17.2 Å². The quantitative estimate of drug-likeness (QED) is 0.653. The van der Waals surface area contributed by atoms with Gasteiger partial charge < -0.3 is 10.4 Å². The summed E-state index contributed by atoms with van der Waals surface area (Å²) >= 11 is 0. The number of benzene rings is 1. The van der Waals surface area contributed by atoms with Crippen molar-refractivity contribution in [3.63, 3.8) is 0 Å². The van der Waals surface area contributed by atoms with E-state index in [-0.39, 0.29) is 11.5 Å². The summed E-state index contributed by atoms with van der Waals surface area (Å²) in [5.74, 6) is 0.241. The molecule has 0 aliphatic rings. The summed E-state index contributed by atoms with van der Waals surface area (Å²) in [6.07, 6.45) is 0.170. The Hall–Kier alpha value is -2.47. The van der Waals surface area contributed by atoms with Gasteiger partial charge in [0.2, 0.25) is 5.82 Å². The normalized spacial score (nSPS) is 12.0. The van der Waals surface area contributed by atoms with Crippen molar-refractivity contribution in [2.75, 3.05) is 5.32 Å². The lowest BCUT2D eigenvalue weighted by Gasteiger charge is -2.10. The molecule has 0 saturated heterocycles. The molecular weight excluding hydrogens is 282 g/mol. The minimum Gasteiger partial charge on any atom is -0.393 e. The topological polar surface area (TPSA) is 88.3 Å². The van der Waals surface area contributed by atoms with Crippen LogP contribution in [0.2, 0.25) is 0 Å². The van der Waals surface area contributed by atoms with Gasteiger partial charge in [-0.1, -0.05) is 12.1 Å². The number of aliphatic hydroxyl groups is 1. The monoisotopic (exact) mass is 301 g/mol. The number of nitrogens with one attached hydrogen (secondary N) is 1. The number of aryl methyl sites for hydroxylation is 2. The van der Waals surface area contributed by atoms with Crippen LogP contribution in [0.1, 0.15) is 23.7 Å².